The number of halogens is 1. The number of amides is 1. The highest BCUT2D eigenvalue weighted by Gasteiger charge is 2.17. The van der Waals surface area contributed by atoms with Crippen LogP contribution in [0.5, 0.6) is 0 Å². The Bertz CT molecular complexity index is 1070. The number of aromatic nitrogens is 4. The van der Waals surface area contributed by atoms with Gasteiger partial charge in [0.1, 0.15) is 18.0 Å². The predicted octanol–water partition coefficient (Wildman–Crippen LogP) is 3.98. The molecule has 4 rings (SSSR count). The summed E-state index contributed by atoms with van der Waals surface area (Å²) in [6.45, 7) is 5.96. The van der Waals surface area contributed by atoms with Crippen molar-refractivity contribution in [2.75, 3.05) is 23.3 Å². The second kappa shape index (κ2) is 9.24. The number of piperidine rings is 1. The molecule has 0 aliphatic carbocycles. The molecule has 3 heterocycles. The molecule has 1 aliphatic rings. The first-order valence-corrected chi connectivity index (χ1v) is 10.7. The fourth-order valence-corrected chi connectivity index (χ4v) is 4.04. The second-order valence-electron chi connectivity index (χ2n) is 7.90. The summed E-state index contributed by atoms with van der Waals surface area (Å²) >= 11 is 0. The first kappa shape index (κ1) is 21.0. The van der Waals surface area contributed by atoms with E-state index in [0.29, 0.717) is 12.1 Å². The minimum Gasteiger partial charge on any atom is -0.356 e. The van der Waals surface area contributed by atoms with E-state index in [0.717, 1.165) is 41.7 Å². The number of hydrogen-bond donors (Lipinski definition) is 1. The van der Waals surface area contributed by atoms with Crippen molar-refractivity contribution in [1.82, 2.24) is 19.7 Å². The molecule has 0 saturated carbocycles. The molecule has 162 valence electrons. The molecule has 31 heavy (non-hydrogen) atoms. The third kappa shape index (κ3) is 4.90. The van der Waals surface area contributed by atoms with Crippen LogP contribution in [0.25, 0.3) is 5.82 Å². The monoisotopic (exact) mass is 422 g/mol. The SMILES string of the molecule is Cc1nn(-c2cc(N3CCCCC3)ncn2)c(C)c1CCC(=O)Nc1cccc(F)c1. The number of rotatable bonds is 6. The van der Waals surface area contributed by atoms with E-state index >= 15 is 0 Å². The van der Waals surface area contributed by atoms with Gasteiger partial charge in [-0.15, -0.1) is 0 Å². The topological polar surface area (TPSA) is 75.9 Å². The van der Waals surface area contributed by atoms with Crippen molar-refractivity contribution in [2.45, 2.75) is 46.0 Å². The average molecular weight is 423 g/mol. The molecular weight excluding hydrogens is 395 g/mol. The van der Waals surface area contributed by atoms with Crippen LogP contribution < -0.4 is 10.2 Å². The lowest BCUT2D eigenvalue weighted by atomic mass is 10.1. The Kier molecular flexibility index (Phi) is 6.25. The molecule has 1 fully saturated rings. The third-order valence-electron chi connectivity index (χ3n) is 5.69. The van der Waals surface area contributed by atoms with E-state index in [9.17, 15) is 9.18 Å². The van der Waals surface area contributed by atoms with Gasteiger partial charge in [0.05, 0.1) is 5.69 Å². The molecule has 1 N–H and O–H groups in total. The van der Waals surface area contributed by atoms with Gasteiger partial charge in [-0.3, -0.25) is 4.79 Å². The highest BCUT2D eigenvalue weighted by molar-refractivity contribution is 5.90. The van der Waals surface area contributed by atoms with Crippen molar-refractivity contribution in [1.29, 1.82) is 0 Å². The van der Waals surface area contributed by atoms with Gasteiger partial charge in [-0.25, -0.2) is 19.0 Å². The van der Waals surface area contributed by atoms with Gasteiger partial charge in [0.25, 0.3) is 0 Å². The standard InChI is InChI=1S/C23H27FN6O/c1-16-20(9-10-23(31)27-19-8-6-7-18(24)13-19)17(2)30(28-16)22-14-21(25-15-26-22)29-11-4-3-5-12-29/h6-8,13-15H,3-5,9-12H2,1-2H3,(H,27,31). The Morgan fingerprint density at radius 2 is 1.87 bits per heavy atom. The second-order valence-corrected chi connectivity index (χ2v) is 7.90. The molecule has 3 aromatic rings. The molecule has 1 amide bonds. The van der Waals surface area contributed by atoms with Gasteiger partial charge in [0, 0.05) is 37.0 Å². The number of nitrogens with one attached hydrogen (secondary N) is 1. The van der Waals surface area contributed by atoms with Crippen molar-refractivity contribution in [3.8, 4) is 5.82 Å². The summed E-state index contributed by atoms with van der Waals surface area (Å²) in [7, 11) is 0. The minimum absolute atomic E-state index is 0.161. The lowest BCUT2D eigenvalue weighted by Crippen LogP contribution is -2.30. The summed E-state index contributed by atoms with van der Waals surface area (Å²) in [4.78, 5) is 23.5. The van der Waals surface area contributed by atoms with Crippen LogP contribution in [0.4, 0.5) is 15.9 Å². The molecular formula is C23H27FN6O. The molecule has 0 unspecified atom stereocenters. The zero-order valence-electron chi connectivity index (χ0n) is 17.9. The van der Waals surface area contributed by atoms with Gasteiger partial charge in [0.2, 0.25) is 5.91 Å². The largest absolute Gasteiger partial charge is 0.356 e. The Labute approximate surface area is 181 Å². The molecule has 1 aliphatic heterocycles. The van der Waals surface area contributed by atoms with Crippen LogP contribution in [0.2, 0.25) is 0 Å². The highest BCUT2D eigenvalue weighted by atomic mass is 19.1. The normalized spacial score (nSPS) is 14.0. The van der Waals surface area contributed by atoms with E-state index in [1.54, 1.807) is 18.5 Å². The smallest absolute Gasteiger partial charge is 0.224 e. The van der Waals surface area contributed by atoms with Crippen molar-refractivity contribution in [2.24, 2.45) is 0 Å². The maximum absolute atomic E-state index is 13.3. The van der Waals surface area contributed by atoms with E-state index in [-0.39, 0.29) is 18.1 Å². The molecule has 8 heteroatoms. The first-order chi connectivity index (χ1) is 15.0. The van der Waals surface area contributed by atoms with Crippen molar-refractivity contribution < 1.29 is 9.18 Å². The Morgan fingerprint density at radius 1 is 1.10 bits per heavy atom. The molecule has 0 atom stereocenters. The van der Waals surface area contributed by atoms with E-state index < -0.39 is 0 Å². The summed E-state index contributed by atoms with van der Waals surface area (Å²) in [6.07, 6.45) is 6.04. The van der Waals surface area contributed by atoms with E-state index in [2.05, 4.69) is 25.3 Å². The fraction of sp³-hybridized carbons (Fsp3) is 0.391. The van der Waals surface area contributed by atoms with Gasteiger partial charge in [0.15, 0.2) is 5.82 Å². The van der Waals surface area contributed by atoms with Crippen molar-refractivity contribution in [3.05, 3.63) is 59.4 Å². The van der Waals surface area contributed by atoms with Gasteiger partial charge in [-0.1, -0.05) is 6.07 Å². The quantitative estimate of drug-likeness (QED) is 0.650. The van der Waals surface area contributed by atoms with Crippen LogP contribution in [0, 0.1) is 19.7 Å². The van der Waals surface area contributed by atoms with Gasteiger partial charge in [-0.2, -0.15) is 5.10 Å². The van der Waals surface area contributed by atoms with E-state index in [4.69, 9.17) is 0 Å². The Morgan fingerprint density at radius 3 is 2.65 bits per heavy atom. The van der Waals surface area contributed by atoms with Crippen molar-refractivity contribution in [3.63, 3.8) is 0 Å². The van der Waals surface area contributed by atoms with Crippen LogP contribution in [0.3, 0.4) is 0 Å². The molecule has 1 aromatic carbocycles. The van der Waals surface area contributed by atoms with Crippen LogP contribution >= 0.6 is 0 Å². The maximum atomic E-state index is 13.3. The maximum Gasteiger partial charge on any atom is 0.224 e. The number of nitrogens with zero attached hydrogens (tertiary/aromatic N) is 5. The first-order valence-electron chi connectivity index (χ1n) is 10.7. The van der Waals surface area contributed by atoms with Crippen LogP contribution in [-0.2, 0) is 11.2 Å². The summed E-state index contributed by atoms with van der Waals surface area (Å²) in [6, 6.07) is 7.88. The molecule has 1 saturated heterocycles. The zero-order chi connectivity index (χ0) is 21.8. The Hall–Kier alpha value is -3.29. The molecule has 0 radical (unpaired) electrons. The number of benzene rings is 1. The fourth-order valence-electron chi connectivity index (χ4n) is 4.04. The van der Waals surface area contributed by atoms with Gasteiger partial charge >= 0.3 is 0 Å². The van der Waals surface area contributed by atoms with E-state index in [1.807, 2.05) is 24.6 Å². The van der Waals surface area contributed by atoms with Gasteiger partial charge in [-0.05, 0) is 63.3 Å². The van der Waals surface area contributed by atoms with Crippen molar-refractivity contribution >= 4 is 17.4 Å². The average Bonchev–Trinajstić information content (AvgIpc) is 3.06. The number of carbonyl (C=O) groups is 1. The summed E-state index contributed by atoms with van der Waals surface area (Å²) < 4.78 is 15.1. The summed E-state index contributed by atoms with van der Waals surface area (Å²) in [5.41, 5.74) is 3.31. The number of hydrogen-bond acceptors (Lipinski definition) is 5. The molecule has 2 aromatic heterocycles. The third-order valence-corrected chi connectivity index (χ3v) is 5.69. The number of carbonyl (C=O) groups excluding carboxylic acids is 1. The molecule has 0 bridgehead atoms. The van der Waals surface area contributed by atoms with Crippen LogP contribution in [0.1, 0.15) is 42.6 Å². The molecule has 7 nitrogen and oxygen atoms in total. The lowest BCUT2D eigenvalue weighted by Gasteiger charge is -2.27. The molecule has 0 spiro atoms. The minimum atomic E-state index is -0.375. The highest BCUT2D eigenvalue weighted by Crippen LogP contribution is 2.22. The Balaban J connectivity index is 1.47. The lowest BCUT2D eigenvalue weighted by molar-refractivity contribution is -0.116. The van der Waals surface area contributed by atoms with Crippen LogP contribution in [0.15, 0.2) is 36.7 Å². The van der Waals surface area contributed by atoms with E-state index in [1.165, 1.54) is 31.4 Å². The number of aryl methyl sites for hydroxylation is 1. The summed E-state index contributed by atoms with van der Waals surface area (Å²) in [5, 5.41) is 7.41. The van der Waals surface area contributed by atoms with Crippen LogP contribution in [-0.4, -0.2) is 38.7 Å². The number of anilines is 2. The summed E-state index contributed by atoms with van der Waals surface area (Å²) in [5.74, 6) is 1.12. The zero-order valence-corrected chi connectivity index (χ0v) is 17.9. The van der Waals surface area contributed by atoms with Gasteiger partial charge < -0.3 is 10.2 Å². The predicted molar refractivity (Wildman–Crippen MR) is 118 cm³/mol.